The van der Waals surface area contributed by atoms with Gasteiger partial charge in [0.2, 0.25) is 9.05 Å². The molecule has 1 rings (SSSR count). The maximum Gasteiger partial charge on any atom is 0.235 e. The first-order valence-electron chi connectivity index (χ1n) is 5.56. The Balaban J connectivity index is 2.86. The molecule has 1 aromatic rings. The van der Waals surface area contributed by atoms with Gasteiger partial charge in [0.1, 0.15) is 12.4 Å². The summed E-state index contributed by atoms with van der Waals surface area (Å²) in [5.74, 6) is 0.703. The zero-order valence-corrected chi connectivity index (χ0v) is 12.9. The van der Waals surface area contributed by atoms with E-state index in [2.05, 4.69) is 0 Å². The van der Waals surface area contributed by atoms with Crippen molar-refractivity contribution in [3.05, 3.63) is 28.3 Å². The highest BCUT2D eigenvalue weighted by Gasteiger charge is 2.11. The van der Waals surface area contributed by atoms with Crippen molar-refractivity contribution in [1.29, 1.82) is 0 Å². The molecule has 0 atom stereocenters. The summed E-state index contributed by atoms with van der Waals surface area (Å²) in [7, 11) is 1.60. The van der Waals surface area contributed by atoms with Gasteiger partial charge in [-0.2, -0.15) is 0 Å². The van der Waals surface area contributed by atoms with E-state index < -0.39 is 9.05 Å². The summed E-state index contributed by atoms with van der Waals surface area (Å²) in [5, 5.41) is 0.694. The summed E-state index contributed by atoms with van der Waals surface area (Å²) in [4.78, 5) is 0. The van der Waals surface area contributed by atoms with E-state index in [0.717, 1.165) is 11.1 Å². The number of aryl methyl sites for hydroxylation is 1. The Bertz CT molecular complexity index is 524. The van der Waals surface area contributed by atoms with E-state index in [1.807, 2.05) is 32.9 Å². The molecule has 3 nitrogen and oxygen atoms in total. The van der Waals surface area contributed by atoms with E-state index in [9.17, 15) is 8.42 Å². The van der Waals surface area contributed by atoms with Crippen molar-refractivity contribution in [3.63, 3.8) is 0 Å². The molecule has 0 heterocycles. The van der Waals surface area contributed by atoms with Crippen LogP contribution in [0.4, 0.5) is 0 Å². The number of halogens is 2. The van der Waals surface area contributed by atoms with Crippen LogP contribution in [0.25, 0.3) is 0 Å². The largest absolute Gasteiger partial charge is 0.492 e. The van der Waals surface area contributed by atoms with Crippen LogP contribution in [-0.2, 0) is 9.05 Å². The van der Waals surface area contributed by atoms with Crippen LogP contribution < -0.4 is 4.74 Å². The second kappa shape index (κ2) is 6.13. The van der Waals surface area contributed by atoms with Crippen LogP contribution in [0, 0.1) is 6.92 Å². The zero-order valence-electron chi connectivity index (χ0n) is 10.5. The predicted octanol–water partition coefficient (Wildman–Crippen LogP) is 3.72. The van der Waals surface area contributed by atoms with Crippen LogP contribution in [0.2, 0.25) is 5.02 Å². The first-order valence-corrected chi connectivity index (χ1v) is 8.41. The third-order valence-electron chi connectivity index (χ3n) is 2.50. The Morgan fingerprint density at radius 3 is 2.44 bits per heavy atom. The molecule has 18 heavy (non-hydrogen) atoms. The van der Waals surface area contributed by atoms with Gasteiger partial charge in [-0.25, -0.2) is 8.42 Å². The molecule has 0 fully saturated rings. The summed E-state index contributed by atoms with van der Waals surface area (Å²) in [5.41, 5.74) is 1.85. The fourth-order valence-corrected chi connectivity index (χ4v) is 2.43. The quantitative estimate of drug-likeness (QED) is 0.778. The molecule has 6 heteroatoms. The SMILES string of the molecule is Cc1cc(Cl)c(C(C)C)cc1OCCS(=O)(=O)Cl. The maximum atomic E-state index is 10.8. The highest BCUT2D eigenvalue weighted by molar-refractivity contribution is 8.13. The Morgan fingerprint density at radius 2 is 1.94 bits per heavy atom. The average Bonchev–Trinajstić information content (AvgIpc) is 2.18. The van der Waals surface area contributed by atoms with Crippen LogP contribution >= 0.6 is 22.3 Å². The lowest BCUT2D eigenvalue weighted by Crippen LogP contribution is -2.09. The molecule has 0 saturated carbocycles. The van der Waals surface area contributed by atoms with E-state index in [1.54, 1.807) is 0 Å². The van der Waals surface area contributed by atoms with Crippen molar-refractivity contribution in [1.82, 2.24) is 0 Å². The Labute approximate surface area is 117 Å². The summed E-state index contributed by atoms with van der Waals surface area (Å²) in [6.07, 6.45) is 0. The zero-order chi connectivity index (χ0) is 13.9. The van der Waals surface area contributed by atoms with Crippen LogP contribution in [0.15, 0.2) is 12.1 Å². The summed E-state index contributed by atoms with van der Waals surface area (Å²) in [6, 6.07) is 3.67. The van der Waals surface area contributed by atoms with E-state index in [0.29, 0.717) is 10.8 Å². The molecular weight excluding hydrogens is 295 g/mol. The van der Waals surface area contributed by atoms with Gasteiger partial charge in [0.15, 0.2) is 0 Å². The highest BCUT2D eigenvalue weighted by Crippen LogP contribution is 2.31. The monoisotopic (exact) mass is 310 g/mol. The molecule has 0 N–H and O–H groups in total. The van der Waals surface area contributed by atoms with Gasteiger partial charge in [0.25, 0.3) is 0 Å². The maximum absolute atomic E-state index is 10.8. The number of rotatable bonds is 5. The van der Waals surface area contributed by atoms with Crippen molar-refractivity contribution < 1.29 is 13.2 Å². The van der Waals surface area contributed by atoms with E-state index in [-0.39, 0.29) is 18.3 Å². The van der Waals surface area contributed by atoms with Gasteiger partial charge in [-0.3, -0.25) is 0 Å². The first-order chi connectivity index (χ1) is 8.20. The van der Waals surface area contributed by atoms with Crippen LogP contribution in [-0.4, -0.2) is 20.8 Å². The molecule has 1 aromatic carbocycles. The van der Waals surface area contributed by atoms with E-state index >= 15 is 0 Å². The smallest absolute Gasteiger partial charge is 0.235 e. The topological polar surface area (TPSA) is 43.4 Å². The number of benzene rings is 1. The Hall–Kier alpha value is -0.450. The lowest BCUT2D eigenvalue weighted by molar-refractivity contribution is 0.338. The molecule has 102 valence electrons. The molecule has 0 aromatic heterocycles. The van der Waals surface area contributed by atoms with Crippen molar-refractivity contribution in [2.24, 2.45) is 0 Å². The normalized spacial score (nSPS) is 11.9. The van der Waals surface area contributed by atoms with Crippen LogP contribution in [0.5, 0.6) is 5.75 Å². The lowest BCUT2D eigenvalue weighted by atomic mass is 10.0. The molecule has 0 aliphatic heterocycles. The molecule has 0 radical (unpaired) electrons. The lowest BCUT2D eigenvalue weighted by Gasteiger charge is -2.14. The number of hydrogen-bond donors (Lipinski definition) is 0. The molecular formula is C12H16Cl2O3S. The summed E-state index contributed by atoms with van der Waals surface area (Å²) < 4.78 is 27.0. The van der Waals surface area contributed by atoms with Gasteiger partial charge in [-0.15, -0.1) is 0 Å². The molecule has 0 amide bonds. The number of ether oxygens (including phenoxy) is 1. The Morgan fingerprint density at radius 1 is 1.33 bits per heavy atom. The third-order valence-corrected chi connectivity index (χ3v) is 3.95. The predicted molar refractivity (Wildman–Crippen MR) is 75.4 cm³/mol. The molecule has 0 unspecified atom stereocenters. The molecule has 0 saturated heterocycles. The van der Waals surface area contributed by atoms with Crippen molar-refractivity contribution in [3.8, 4) is 5.75 Å². The van der Waals surface area contributed by atoms with Gasteiger partial charge in [0, 0.05) is 15.7 Å². The second-order valence-corrected chi connectivity index (χ2v) is 7.69. The minimum Gasteiger partial charge on any atom is -0.492 e. The van der Waals surface area contributed by atoms with E-state index in [4.69, 9.17) is 27.0 Å². The summed E-state index contributed by atoms with van der Waals surface area (Å²) >= 11 is 6.13. The first kappa shape index (κ1) is 15.6. The fourth-order valence-electron chi connectivity index (χ4n) is 1.52. The van der Waals surface area contributed by atoms with Gasteiger partial charge >= 0.3 is 0 Å². The highest BCUT2D eigenvalue weighted by atomic mass is 35.7. The van der Waals surface area contributed by atoms with Crippen molar-refractivity contribution in [2.75, 3.05) is 12.4 Å². The van der Waals surface area contributed by atoms with Crippen LogP contribution in [0.3, 0.4) is 0 Å². The van der Waals surface area contributed by atoms with Gasteiger partial charge in [0.05, 0.1) is 5.75 Å². The van der Waals surface area contributed by atoms with Crippen LogP contribution in [0.1, 0.15) is 30.9 Å². The molecule has 0 aliphatic carbocycles. The average molecular weight is 311 g/mol. The minimum absolute atomic E-state index is 0.0336. The molecule has 0 bridgehead atoms. The standard InChI is InChI=1S/C12H16Cl2O3S/c1-8(2)10-7-12(9(3)6-11(10)13)17-4-5-18(14,15)16/h6-8H,4-5H2,1-3H3. The van der Waals surface area contributed by atoms with Gasteiger partial charge in [-0.05, 0) is 36.1 Å². The van der Waals surface area contributed by atoms with Crippen molar-refractivity contribution >= 4 is 31.3 Å². The second-order valence-electron chi connectivity index (χ2n) is 4.39. The number of hydrogen-bond acceptors (Lipinski definition) is 3. The van der Waals surface area contributed by atoms with Crippen molar-refractivity contribution in [2.45, 2.75) is 26.7 Å². The summed E-state index contributed by atoms with van der Waals surface area (Å²) in [6.45, 7) is 5.96. The van der Waals surface area contributed by atoms with Gasteiger partial charge < -0.3 is 4.74 Å². The fraction of sp³-hybridized carbons (Fsp3) is 0.500. The molecule has 0 aliphatic rings. The minimum atomic E-state index is -3.52. The Kier molecular flexibility index (Phi) is 5.32. The van der Waals surface area contributed by atoms with Gasteiger partial charge in [-0.1, -0.05) is 25.4 Å². The molecule has 0 spiro atoms. The third kappa shape index (κ3) is 4.67. The van der Waals surface area contributed by atoms with E-state index in [1.165, 1.54) is 0 Å².